The molecular weight excluding hydrogens is 354 g/mol. The molecule has 1 aliphatic rings. The van der Waals surface area contributed by atoms with Crippen molar-refractivity contribution in [2.24, 2.45) is 5.92 Å². The lowest BCUT2D eigenvalue weighted by atomic mass is 9.82. The fourth-order valence-corrected chi connectivity index (χ4v) is 3.60. The van der Waals surface area contributed by atoms with Gasteiger partial charge in [0.05, 0.1) is 12.1 Å². The maximum Gasteiger partial charge on any atom is 0.251 e. The van der Waals surface area contributed by atoms with Crippen LogP contribution in [-0.2, 0) is 9.53 Å². The smallest absolute Gasteiger partial charge is 0.251 e. The Morgan fingerprint density at radius 3 is 2.36 bits per heavy atom. The van der Waals surface area contributed by atoms with Crippen molar-refractivity contribution in [1.29, 1.82) is 0 Å². The minimum Gasteiger partial charge on any atom is -0.378 e. The van der Waals surface area contributed by atoms with Crippen LogP contribution in [0.4, 0.5) is 5.69 Å². The van der Waals surface area contributed by atoms with Gasteiger partial charge in [-0.3, -0.25) is 9.59 Å². The zero-order valence-corrected chi connectivity index (χ0v) is 17.9. The second kappa shape index (κ2) is 10.5. The van der Waals surface area contributed by atoms with Gasteiger partial charge < -0.3 is 19.9 Å². The number of carbonyl (C=O) groups excluding carboxylic acids is 2. The van der Waals surface area contributed by atoms with Gasteiger partial charge in [0.15, 0.2) is 0 Å². The van der Waals surface area contributed by atoms with E-state index >= 15 is 0 Å². The molecule has 2 rings (SSSR count). The lowest BCUT2D eigenvalue weighted by Crippen LogP contribution is -2.50. The Balaban J connectivity index is 2.04. The van der Waals surface area contributed by atoms with E-state index in [9.17, 15) is 9.59 Å². The van der Waals surface area contributed by atoms with Gasteiger partial charge in [-0.1, -0.05) is 6.92 Å². The van der Waals surface area contributed by atoms with E-state index in [1.54, 1.807) is 4.90 Å². The topological polar surface area (TPSA) is 61.9 Å². The summed E-state index contributed by atoms with van der Waals surface area (Å²) in [6, 6.07) is 7.51. The highest BCUT2D eigenvalue weighted by Crippen LogP contribution is 2.29. The van der Waals surface area contributed by atoms with E-state index in [2.05, 4.69) is 12.2 Å². The summed E-state index contributed by atoms with van der Waals surface area (Å²) in [5, 5.41) is 3.14. The minimum absolute atomic E-state index is 0.0284. The number of hydrogen-bond donors (Lipinski definition) is 1. The molecule has 0 heterocycles. The van der Waals surface area contributed by atoms with Gasteiger partial charge in [0.2, 0.25) is 5.91 Å². The Bertz CT molecular complexity index is 645. The summed E-state index contributed by atoms with van der Waals surface area (Å²) in [6.45, 7) is 5.39. The first kappa shape index (κ1) is 22.2. The van der Waals surface area contributed by atoms with E-state index in [-0.39, 0.29) is 29.9 Å². The van der Waals surface area contributed by atoms with Crippen LogP contribution in [-0.4, -0.2) is 63.2 Å². The van der Waals surface area contributed by atoms with Crippen LogP contribution in [0.5, 0.6) is 0 Å². The van der Waals surface area contributed by atoms with Crippen LogP contribution in [0.1, 0.15) is 49.9 Å². The van der Waals surface area contributed by atoms with E-state index in [4.69, 9.17) is 4.74 Å². The number of hydrogen-bond acceptors (Lipinski definition) is 4. The highest BCUT2D eigenvalue weighted by Gasteiger charge is 2.36. The Kier molecular flexibility index (Phi) is 8.30. The largest absolute Gasteiger partial charge is 0.378 e. The van der Waals surface area contributed by atoms with Crippen LogP contribution in [0.25, 0.3) is 0 Å². The first-order valence-electron chi connectivity index (χ1n) is 10.3. The number of nitrogens with zero attached hydrogens (tertiary/aromatic N) is 2. The summed E-state index contributed by atoms with van der Waals surface area (Å²) < 4.78 is 6.03. The lowest BCUT2D eigenvalue weighted by Gasteiger charge is -2.37. The molecule has 3 atom stereocenters. The molecule has 0 radical (unpaired) electrons. The number of rotatable bonds is 8. The highest BCUT2D eigenvalue weighted by atomic mass is 16.5. The van der Waals surface area contributed by atoms with Gasteiger partial charge in [-0.15, -0.1) is 0 Å². The van der Waals surface area contributed by atoms with Crippen LogP contribution in [0, 0.1) is 5.92 Å². The molecule has 0 saturated heterocycles. The average molecular weight is 390 g/mol. The second-order valence-corrected chi connectivity index (χ2v) is 7.79. The lowest BCUT2D eigenvalue weighted by molar-refractivity contribution is -0.137. The molecule has 1 saturated carbocycles. The molecule has 156 valence electrons. The second-order valence-electron chi connectivity index (χ2n) is 7.79. The summed E-state index contributed by atoms with van der Waals surface area (Å²) in [7, 11) is 5.79. The zero-order chi connectivity index (χ0) is 20.7. The van der Waals surface area contributed by atoms with Crippen LogP contribution >= 0.6 is 0 Å². The third-order valence-corrected chi connectivity index (χ3v) is 5.49. The van der Waals surface area contributed by atoms with Crippen LogP contribution in [0.3, 0.4) is 0 Å². The molecule has 1 aromatic rings. The first-order valence-corrected chi connectivity index (χ1v) is 10.3. The number of nitrogens with one attached hydrogen (secondary N) is 1. The van der Waals surface area contributed by atoms with Gasteiger partial charge in [-0.2, -0.15) is 0 Å². The molecule has 0 unspecified atom stereocenters. The molecule has 1 N–H and O–H groups in total. The maximum atomic E-state index is 12.7. The zero-order valence-electron chi connectivity index (χ0n) is 17.9. The van der Waals surface area contributed by atoms with Gasteiger partial charge in [-0.05, 0) is 56.9 Å². The van der Waals surface area contributed by atoms with Crippen molar-refractivity contribution < 1.29 is 14.3 Å². The van der Waals surface area contributed by atoms with E-state index in [1.165, 1.54) is 0 Å². The van der Waals surface area contributed by atoms with Crippen molar-refractivity contribution in [1.82, 2.24) is 10.2 Å². The van der Waals surface area contributed by atoms with E-state index in [0.29, 0.717) is 25.1 Å². The number of anilines is 1. The molecule has 1 aliphatic carbocycles. The van der Waals surface area contributed by atoms with E-state index < -0.39 is 0 Å². The summed E-state index contributed by atoms with van der Waals surface area (Å²) in [6.07, 6.45) is 2.98. The van der Waals surface area contributed by atoms with Gasteiger partial charge in [-0.25, -0.2) is 0 Å². The van der Waals surface area contributed by atoms with Crippen molar-refractivity contribution in [3.63, 3.8) is 0 Å². The standard InChI is InChI=1S/C22H35N3O3/c1-6-14-28-20-15-17(22(27)25(5)7-2)10-13-19(20)23-21(26)16-8-11-18(12-9-16)24(3)4/h8-9,11-12,17,19-20H,6-7,10,13-15H2,1-5H3,(H,23,26)/t17-,19+,20+/m0/s1. The van der Waals surface area contributed by atoms with Gasteiger partial charge in [0, 0.05) is 51.5 Å². The average Bonchev–Trinajstić information content (AvgIpc) is 2.71. The molecule has 0 bridgehead atoms. The number of amides is 2. The Morgan fingerprint density at radius 1 is 1.11 bits per heavy atom. The molecule has 0 spiro atoms. The Hall–Kier alpha value is -2.08. The van der Waals surface area contributed by atoms with Gasteiger partial charge in [0.1, 0.15) is 0 Å². The summed E-state index contributed by atoms with van der Waals surface area (Å²) in [4.78, 5) is 29.1. The predicted octanol–water partition coefficient (Wildman–Crippen LogP) is 2.92. The molecule has 1 fully saturated rings. The molecule has 0 aliphatic heterocycles. The Labute approximate surface area is 169 Å². The normalized spacial score (nSPS) is 21.8. The van der Waals surface area contributed by atoms with Crippen molar-refractivity contribution in [2.75, 3.05) is 39.2 Å². The molecule has 2 amide bonds. The summed E-state index contributed by atoms with van der Waals surface area (Å²) in [5.41, 5.74) is 1.70. The summed E-state index contributed by atoms with van der Waals surface area (Å²) in [5.74, 6) is 0.0619. The minimum atomic E-state index is -0.127. The number of benzene rings is 1. The number of ether oxygens (including phenoxy) is 1. The third-order valence-electron chi connectivity index (χ3n) is 5.49. The van der Waals surface area contributed by atoms with Crippen molar-refractivity contribution in [3.8, 4) is 0 Å². The SMILES string of the molecule is CCCO[C@@H]1C[C@@H](C(=O)N(C)CC)CC[C@H]1NC(=O)c1ccc(N(C)C)cc1. The maximum absolute atomic E-state index is 12.7. The third kappa shape index (κ3) is 5.71. The van der Waals surface area contributed by atoms with Crippen molar-refractivity contribution >= 4 is 17.5 Å². The summed E-state index contributed by atoms with van der Waals surface area (Å²) >= 11 is 0. The fraction of sp³-hybridized carbons (Fsp3) is 0.636. The predicted molar refractivity (Wildman–Crippen MR) is 113 cm³/mol. The van der Waals surface area contributed by atoms with Crippen LogP contribution in [0.15, 0.2) is 24.3 Å². The van der Waals surface area contributed by atoms with Gasteiger partial charge in [0.25, 0.3) is 5.91 Å². The van der Waals surface area contributed by atoms with Crippen LogP contribution in [0.2, 0.25) is 0 Å². The molecule has 28 heavy (non-hydrogen) atoms. The van der Waals surface area contributed by atoms with Gasteiger partial charge >= 0.3 is 0 Å². The van der Waals surface area contributed by atoms with E-state index in [1.807, 2.05) is 57.2 Å². The Morgan fingerprint density at radius 2 is 1.79 bits per heavy atom. The quantitative estimate of drug-likeness (QED) is 0.743. The van der Waals surface area contributed by atoms with Crippen molar-refractivity contribution in [3.05, 3.63) is 29.8 Å². The molecule has 1 aromatic carbocycles. The molecule has 0 aromatic heterocycles. The highest BCUT2D eigenvalue weighted by molar-refractivity contribution is 5.94. The molecular formula is C22H35N3O3. The fourth-order valence-electron chi connectivity index (χ4n) is 3.60. The van der Waals surface area contributed by atoms with Crippen LogP contribution < -0.4 is 10.2 Å². The monoisotopic (exact) mass is 389 g/mol. The van der Waals surface area contributed by atoms with E-state index in [0.717, 1.165) is 24.9 Å². The number of carbonyl (C=O) groups is 2. The molecule has 6 nitrogen and oxygen atoms in total. The molecule has 6 heteroatoms. The first-order chi connectivity index (χ1) is 13.4. The van der Waals surface area contributed by atoms with Crippen molar-refractivity contribution in [2.45, 2.75) is 51.7 Å².